The van der Waals surface area contributed by atoms with Crippen LogP contribution in [0.1, 0.15) is 44.0 Å². The molecule has 1 unspecified atom stereocenters. The molecule has 0 aliphatic carbocycles. The zero-order valence-electron chi connectivity index (χ0n) is 17.2. The molecule has 1 aromatic heterocycles. The van der Waals surface area contributed by atoms with Crippen LogP contribution in [-0.2, 0) is 4.79 Å². The number of nitrogens with zero attached hydrogens (tertiary/aromatic N) is 2. The van der Waals surface area contributed by atoms with Crippen molar-refractivity contribution < 1.29 is 14.3 Å². The number of benzene rings is 2. The van der Waals surface area contributed by atoms with Crippen LogP contribution < -0.4 is 20.5 Å². The van der Waals surface area contributed by atoms with Gasteiger partial charge in [0.1, 0.15) is 5.82 Å². The molecule has 29 heavy (non-hydrogen) atoms. The normalized spacial score (nSPS) is 12.1. The van der Waals surface area contributed by atoms with E-state index in [0.29, 0.717) is 28.2 Å². The Balaban J connectivity index is 1.98. The summed E-state index contributed by atoms with van der Waals surface area (Å²) in [7, 11) is 3.10. The molecule has 0 radical (unpaired) electrons. The van der Waals surface area contributed by atoms with Crippen LogP contribution in [-0.4, -0.2) is 29.8 Å². The van der Waals surface area contributed by atoms with Crippen molar-refractivity contribution in [2.45, 2.75) is 32.6 Å². The number of para-hydroxylation sites is 1. The Labute approximate surface area is 169 Å². The number of amides is 1. The first kappa shape index (κ1) is 20.4. The molecule has 7 nitrogen and oxygen atoms in total. The lowest BCUT2D eigenvalue weighted by atomic mass is 10.00. The number of fused-ring (bicyclic) bond motifs is 1. The van der Waals surface area contributed by atoms with Gasteiger partial charge in [0.15, 0.2) is 11.5 Å². The molecule has 152 valence electrons. The SMILES string of the molecule is COc1ccc(C(C)C(=O)Nn2c(C(C)C)nc3ccccc3c2=O)cc1OC. The molecule has 1 N–H and O–H groups in total. The van der Waals surface area contributed by atoms with E-state index in [0.717, 1.165) is 5.56 Å². The van der Waals surface area contributed by atoms with Gasteiger partial charge in [0, 0.05) is 5.92 Å². The maximum atomic E-state index is 13.0. The molecule has 1 atom stereocenters. The summed E-state index contributed by atoms with van der Waals surface area (Å²) in [6.07, 6.45) is 0. The molecule has 0 aliphatic rings. The molecule has 0 bridgehead atoms. The minimum Gasteiger partial charge on any atom is -0.493 e. The smallest absolute Gasteiger partial charge is 0.280 e. The number of rotatable bonds is 6. The summed E-state index contributed by atoms with van der Waals surface area (Å²) >= 11 is 0. The maximum absolute atomic E-state index is 13.0. The third-order valence-corrected chi connectivity index (χ3v) is 4.84. The highest BCUT2D eigenvalue weighted by atomic mass is 16.5. The van der Waals surface area contributed by atoms with Crippen LogP contribution >= 0.6 is 0 Å². The van der Waals surface area contributed by atoms with E-state index in [1.54, 1.807) is 57.5 Å². The van der Waals surface area contributed by atoms with Gasteiger partial charge >= 0.3 is 0 Å². The lowest BCUT2D eigenvalue weighted by molar-refractivity contribution is -0.118. The summed E-state index contributed by atoms with van der Waals surface area (Å²) in [4.78, 5) is 30.5. The van der Waals surface area contributed by atoms with Crippen LogP contribution in [0.25, 0.3) is 10.9 Å². The van der Waals surface area contributed by atoms with Gasteiger partial charge in [0.05, 0.1) is 31.0 Å². The molecular weight excluding hydrogens is 370 g/mol. The Hall–Kier alpha value is -3.35. The second-order valence-electron chi connectivity index (χ2n) is 7.09. The van der Waals surface area contributed by atoms with E-state index in [9.17, 15) is 9.59 Å². The van der Waals surface area contributed by atoms with E-state index in [-0.39, 0.29) is 17.4 Å². The Kier molecular flexibility index (Phi) is 5.87. The summed E-state index contributed by atoms with van der Waals surface area (Å²) in [5, 5.41) is 0.455. The van der Waals surface area contributed by atoms with Crippen LogP contribution in [0.15, 0.2) is 47.3 Å². The number of ether oxygens (including phenoxy) is 2. The topological polar surface area (TPSA) is 82.5 Å². The van der Waals surface area contributed by atoms with Crippen molar-refractivity contribution in [3.8, 4) is 11.5 Å². The first-order chi connectivity index (χ1) is 13.9. The van der Waals surface area contributed by atoms with Crippen LogP contribution in [0.2, 0.25) is 0 Å². The van der Waals surface area contributed by atoms with E-state index in [2.05, 4.69) is 10.4 Å². The zero-order valence-corrected chi connectivity index (χ0v) is 17.2. The number of carbonyl (C=O) groups excluding carboxylic acids is 1. The Morgan fingerprint density at radius 2 is 1.72 bits per heavy atom. The van der Waals surface area contributed by atoms with Crippen LogP contribution in [0, 0.1) is 0 Å². The van der Waals surface area contributed by atoms with Crippen molar-refractivity contribution >= 4 is 16.8 Å². The van der Waals surface area contributed by atoms with Crippen molar-refractivity contribution in [1.82, 2.24) is 9.66 Å². The van der Waals surface area contributed by atoms with Gasteiger partial charge < -0.3 is 9.47 Å². The summed E-state index contributed by atoms with van der Waals surface area (Å²) in [6.45, 7) is 5.62. The highest BCUT2D eigenvalue weighted by Crippen LogP contribution is 2.30. The summed E-state index contributed by atoms with van der Waals surface area (Å²) in [6, 6.07) is 12.4. The molecule has 0 spiro atoms. The first-order valence-corrected chi connectivity index (χ1v) is 9.41. The Bertz CT molecular complexity index is 1100. The predicted octanol–water partition coefficient (Wildman–Crippen LogP) is 3.41. The standard InChI is InChI=1S/C22H25N3O4/c1-13(2)20-23-17-9-7-6-8-16(17)22(27)25(20)24-21(26)14(3)15-10-11-18(28-4)19(12-15)29-5/h6-14H,1-5H3,(H,24,26). The van der Waals surface area contributed by atoms with Crippen molar-refractivity contribution in [3.05, 3.63) is 64.2 Å². The highest BCUT2D eigenvalue weighted by molar-refractivity contribution is 5.90. The fourth-order valence-corrected chi connectivity index (χ4v) is 3.13. The van der Waals surface area contributed by atoms with Gasteiger partial charge in [-0.15, -0.1) is 0 Å². The fourth-order valence-electron chi connectivity index (χ4n) is 3.13. The van der Waals surface area contributed by atoms with Crippen molar-refractivity contribution in [3.63, 3.8) is 0 Å². The number of methoxy groups -OCH3 is 2. The molecule has 0 aliphatic heterocycles. The molecular formula is C22H25N3O4. The van der Waals surface area contributed by atoms with Crippen molar-refractivity contribution in [2.24, 2.45) is 0 Å². The number of hydrogen-bond donors (Lipinski definition) is 1. The largest absolute Gasteiger partial charge is 0.493 e. The number of nitrogens with one attached hydrogen (secondary N) is 1. The third-order valence-electron chi connectivity index (χ3n) is 4.84. The van der Waals surface area contributed by atoms with E-state index in [1.807, 2.05) is 19.9 Å². The molecule has 7 heteroatoms. The number of aromatic nitrogens is 2. The second kappa shape index (κ2) is 8.34. The van der Waals surface area contributed by atoms with Crippen LogP contribution in [0.4, 0.5) is 0 Å². The molecule has 0 saturated carbocycles. The Morgan fingerprint density at radius 3 is 2.38 bits per heavy atom. The highest BCUT2D eigenvalue weighted by Gasteiger charge is 2.21. The average molecular weight is 395 g/mol. The van der Waals surface area contributed by atoms with E-state index in [1.165, 1.54) is 4.68 Å². The van der Waals surface area contributed by atoms with Gasteiger partial charge in [-0.3, -0.25) is 15.0 Å². The lowest BCUT2D eigenvalue weighted by Crippen LogP contribution is -2.38. The molecule has 1 amide bonds. The van der Waals surface area contributed by atoms with Crippen LogP contribution in [0.3, 0.4) is 0 Å². The second-order valence-corrected chi connectivity index (χ2v) is 7.09. The average Bonchev–Trinajstić information content (AvgIpc) is 2.74. The molecule has 0 saturated heterocycles. The van der Waals surface area contributed by atoms with E-state index >= 15 is 0 Å². The van der Waals surface area contributed by atoms with Crippen molar-refractivity contribution in [2.75, 3.05) is 19.6 Å². The van der Waals surface area contributed by atoms with Gasteiger partial charge in [-0.25, -0.2) is 9.66 Å². The van der Waals surface area contributed by atoms with Crippen LogP contribution in [0.5, 0.6) is 11.5 Å². The number of carbonyl (C=O) groups is 1. The van der Waals surface area contributed by atoms with E-state index in [4.69, 9.17) is 9.47 Å². The van der Waals surface area contributed by atoms with Gasteiger partial charge in [-0.05, 0) is 36.8 Å². The van der Waals surface area contributed by atoms with Gasteiger partial charge in [-0.1, -0.05) is 32.0 Å². The molecule has 2 aromatic carbocycles. The quantitative estimate of drug-likeness (QED) is 0.692. The molecule has 3 aromatic rings. The maximum Gasteiger partial charge on any atom is 0.280 e. The summed E-state index contributed by atoms with van der Waals surface area (Å²) in [5.41, 5.74) is 3.80. The monoisotopic (exact) mass is 395 g/mol. The summed E-state index contributed by atoms with van der Waals surface area (Å²) < 4.78 is 11.8. The molecule has 0 fully saturated rings. The summed E-state index contributed by atoms with van der Waals surface area (Å²) in [5.74, 6) is 0.731. The third kappa shape index (κ3) is 3.94. The number of hydrogen-bond acceptors (Lipinski definition) is 5. The van der Waals surface area contributed by atoms with Gasteiger partial charge in [-0.2, -0.15) is 0 Å². The van der Waals surface area contributed by atoms with E-state index < -0.39 is 5.92 Å². The zero-order chi connectivity index (χ0) is 21.1. The first-order valence-electron chi connectivity index (χ1n) is 9.41. The predicted molar refractivity (Wildman–Crippen MR) is 112 cm³/mol. The minimum atomic E-state index is -0.520. The van der Waals surface area contributed by atoms with Crippen molar-refractivity contribution in [1.29, 1.82) is 0 Å². The molecule has 1 heterocycles. The van der Waals surface area contributed by atoms with Gasteiger partial charge in [0.2, 0.25) is 5.91 Å². The van der Waals surface area contributed by atoms with Gasteiger partial charge in [0.25, 0.3) is 5.56 Å². The lowest BCUT2D eigenvalue weighted by Gasteiger charge is -2.19. The Morgan fingerprint density at radius 1 is 1.03 bits per heavy atom. The fraction of sp³-hybridized carbons (Fsp3) is 0.318. The minimum absolute atomic E-state index is 0.0519. The molecule has 3 rings (SSSR count).